The number of anilines is 2. The van der Waals surface area contributed by atoms with Gasteiger partial charge in [0.2, 0.25) is 0 Å². The monoisotopic (exact) mass is 466 g/mol. The second-order valence-corrected chi connectivity index (χ2v) is 7.68. The highest BCUT2D eigenvalue weighted by Crippen LogP contribution is 2.40. The lowest BCUT2D eigenvalue weighted by molar-refractivity contribution is -0.120. The fourth-order valence-electron chi connectivity index (χ4n) is 3.60. The predicted molar refractivity (Wildman–Crippen MR) is 125 cm³/mol. The van der Waals surface area contributed by atoms with Crippen LogP contribution in [0.4, 0.5) is 15.8 Å². The van der Waals surface area contributed by atoms with E-state index in [-0.39, 0.29) is 17.0 Å². The summed E-state index contributed by atoms with van der Waals surface area (Å²) in [6.07, 6.45) is 0. The van der Waals surface area contributed by atoms with Crippen molar-refractivity contribution in [3.63, 3.8) is 0 Å². The molecule has 0 radical (unpaired) electrons. The largest absolute Gasteiger partial charge is 0.497 e. The number of ether oxygens (including phenoxy) is 2. The molecule has 3 aromatic carbocycles. The molecule has 0 aliphatic carbocycles. The summed E-state index contributed by atoms with van der Waals surface area (Å²) in [5.74, 6) is -0.869. The number of rotatable bonds is 6. The molecule has 0 unspecified atom stereocenters. The number of carbonyl (C=O) groups is 2. The molecule has 3 aromatic rings. The van der Waals surface area contributed by atoms with Crippen LogP contribution >= 0.6 is 11.6 Å². The van der Waals surface area contributed by atoms with E-state index in [1.807, 2.05) is 0 Å². The van der Waals surface area contributed by atoms with Gasteiger partial charge in [-0.05, 0) is 54.4 Å². The van der Waals surface area contributed by atoms with Gasteiger partial charge in [0, 0.05) is 16.8 Å². The van der Waals surface area contributed by atoms with E-state index in [4.69, 9.17) is 21.1 Å². The second-order valence-electron chi connectivity index (χ2n) is 7.28. The number of benzene rings is 3. The molecule has 1 aliphatic rings. The first-order chi connectivity index (χ1) is 15.8. The van der Waals surface area contributed by atoms with Gasteiger partial charge < -0.3 is 14.8 Å². The van der Waals surface area contributed by atoms with Gasteiger partial charge in [-0.15, -0.1) is 0 Å². The highest BCUT2D eigenvalue weighted by molar-refractivity contribution is 6.46. The van der Waals surface area contributed by atoms with E-state index in [1.165, 1.54) is 38.5 Å². The van der Waals surface area contributed by atoms with Gasteiger partial charge in [0.05, 0.1) is 25.5 Å². The molecule has 0 fully saturated rings. The van der Waals surface area contributed by atoms with Gasteiger partial charge in [0.1, 0.15) is 23.0 Å². The molecule has 0 spiro atoms. The van der Waals surface area contributed by atoms with Gasteiger partial charge in [-0.1, -0.05) is 29.8 Å². The molecule has 1 heterocycles. The fourth-order valence-corrected chi connectivity index (χ4v) is 3.77. The number of halogens is 2. The molecule has 0 bridgehead atoms. The third-order valence-corrected chi connectivity index (χ3v) is 5.78. The maximum Gasteiger partial charge on any atom is 0.282 e. The highest BCUT2D eigenvalue weighted by Gasteiger charge is 2.41. The summed E-state index contributed by atoms with van der Waals surface area (Å²) in [6, 6.07) is 15.4. The number of carbonyl (C=O) groups excluding carboxylic acids is 2. The van der Waals surface area contributed by atoms with Crippen molar-refractivity contribution >= 4 is 40.4 Å². The van der Waals surface area contributed by atoms with E-state index < -0.39 is 17.6 Å². The molecule has 1 N–H and O–H groups in total. The zero-order chi connectivity index (χ0) is 23.7. The first-order valence-corrected chi connectivity index (χ1v) is 10.4. The van der Waals surface area contributed by atoms with Gasteiger partial charge in [0.25, 0.3) is 11.8 Å². The topological polar surface area (TPSA) is 67.9 Å². The van der Waals surface area contributed by atoms with E-state index in [2.05, 4.69) is 5.32 Å². The Hall–Kier alpha value is -3.84. The van der Waals surface area contributed by atoms with Crippen LogP contribution in [0, 0.1) is 12.7 Å². The Labute approximate surface area is 195 Å². The van der Waals surface area contributed by atoms with E-state index in [9.17, 15) is 14.0 Å². The number of nitrogens with zero attached hydrogens (tertiary/aromatic N) is 1. The van der Waals surface area contributed by atoms with Crippen molar-refractivity contribution in [2.45, 2.75) is 6.92 Å². The summed E-state index contributed by atoms with van der Waals surface area (Å²) >= 11 is 6.24. The van der Waals surface area contributed by atoms with Crippen molar-refractivity contribution in [3.05, 3.63) is 88.3 Å². The Kier molecular flexibility index (Phi) is 6.07. The maximum absolute atomic E-state index is 13.6. The van der Waals surface area contributed by atoms with Crippen molar-refractivity contribution < 1.29 is 23.5 Å². The quantitative estimate of drug-likeness (QED) is 0.506. The van der Waals surface area contributed by atoms with Crippen LogP contribution in [0.15, 0.2) is 66.4 Å². The SMILES string of the molecule is COc1ccc(OC)c(N2C(=O)C(Nc3cccc(Cl)c3C)=C(c3ccc(F)cc3)C2=O)c1. The molecule has 0 atom stereocenters. The molecule has 1 aliphatic heterocycles. The summed E-state index contributed by atoms with van der Waals surface area (Å²) < 4.78 is 24.2. The molecule has 6 nitrogen and oxygen atoms in total. The maximum atomic E-state index is 13.6. The third-order valence-electron chi connectivity index (χ3n) is 5.37. The van der Waals surface area contributed by atoms with Crippen LogP contribution in [0.25, 0.3) is 5.57 Å². The second kappa shape index (κ2) is 8.96. The van der Waals surface area contributed by atoms with Crippen LogP contribution in [0.2, 0.25) is 5.02 Å². The van der Waals surface area contributed by atoms with Gasteiger partial charge >= 0.3 is 0 Å². The minimum atomic E-state index is -0.592. The summed E-state index contributed by atoms with van der Waals surface area (Å²) in [5, 5.41) is 3.58. The molecule has 0 saturated carbocycles. The van der Waals surface area contributed by atoms with Crippen LogP contribution in [0.5, 0.6) is 11.5 Å². The predicted octanol–water partition coefficient (Wildman–Crippen LogP) is 5.20. The average molecular weight is 467 g/mol. The first kappa shape index (κ1) is 22.4. The van der Waals surface area contributed by atoms with E-state index in [0.29, 0.717) is 33.3 Å². The molecule has 2 amide bonds. The van der Waals surface area contributed by atoms with Gasteiger partial charge in [-0.2, -0.15) is 0 Å². The molecule has 0 saturated heterocycles. The lowest BCUT2D eigenvalue weighted by Crippen LogP contribution is -2.32. The molecular formula is C25H20ClFN2O4. The molecular weight excluding hydrogens is 447 g/mol. The van der Waals surface area contributed by atoms with Crippen LogP contribution < -0.4 is 19.7 Å². The molecule has 168 valence electrons. The molecule has 0 aromatic heterocycles. The summed E-state index contributed by atoms with van der Waals surface area (Å²) in [4.78, 5) is 28.2. The smallest absolute Gasteiger partial charge is 0.282 e. The Morgan fingerprint density at radius 2 is 1.67 bits per heavy atom. The van der Waals surface area contributed by atoms with Crippen LogP contribution in [0.3, 0.4) is 0 Å². The normalized spacial score (nSPS) is 13.5. The van der Waals surface area contributed by atoms with Crippen molar-refractivity contribution in [3.8, 4) is 11.5 Å². The Morgan fingerprint density at radius 1 is 0.939 bits per heavy atom. The number of imide groups is 1. The van der Waals surface area contributed by atoms with Crippen molar-refractivity contribution in [1.82, 2.24) is 0 Å². The van der Waals surface area contributed by atoms with Crippen LogP contribution in [0.1, 0.15) is 11.1 Å². The zero-order valence-electron chi connectivity index (χ0n) is 18.1. The van der Waals surface area contributed by atoms with Gasteiger partial charge in [0.15, 0.2) is 0 Å². The number of hydrogen-bond acceptors (Lipinski definition) is 5. The minimum absolute atomic E-state index is 0.0434. The first-order valence-electron chi connectivity index (χ1n) is 9.99. The van der Waals surface area contributed by atoms with E-state index in [1.54, 1.807) is 43.3 Å². The Morgan fingerprint density at radius 3 is 2.33 bits per heavy atom. The van der Waals surface area contributed by atoms with Crippen molar-refractivity contribution in [1.29, 1.82) is 0 Å². The lowest BCUT2D eigenvalue weighted by Gasteiger charge is -2.19. The Balaban J connectivity index is 1.88. The van der Waals surface area contributed by atoms with E-state index in [0.717, 1.165) is 4.90 Å². The molecule has 4 rings (SSSR count). The standard InChI is InChI=1S/C25H20ClFN2O4/c1-14-18(26)5-4-6-19(14)28-23-22(15-7-9-16(27)10-8-15)24(30)29(25(23)31)20-13-17(32-2)11-12-21(20)33-3/h4-13,28H,1-3H3. The van der Waals surface area contributed by atoms with Crippen LogP contribution in [-0.2, 0) is 9.59 Å². The number of amides is 2. The zero-order valence-corrected chi connectivity index (χ0v) is 18.9. The summed E-state index contributed by atoms with van der Waals surface area (Å²) in [7, 11) is 2.93. The minimum Gasteiger partial charge on any atom is -0.497 e. The molecule has 8 heteroatoms. The van der Waals surface area contributed by atoms with Crippen LogP contribution in [-0.4, -0.2) is 26.0 Å². The van der Waals surface area contributed by atoms with Gasteiger partial charge in [-0.25, -0.2) is 9.29 Å². The third kappa shape index (κ3) is 4.03. The highest BCUT2D eigenvalue weighted by atomic mass is 35.5. The van der Waals surface area contributed by atoms with Crippen molar-refractivity contribution in [2.24, 2.45) is 0 Å². The number of nitrogens with one attached hydrogen (secondary N) is 1. The lowest BCUT2D eigenvalue weighted by atomic mass is 10.0. The average Bonchev–Trinajstić information content (AvgIpc) is 3.06. The van der Waals surface area contributed by atoms with Crippen molar-refractivity contribution in [2.75, 3.05) is 24.4 Å². The number of hydrogen-bond donors (Lipinski definition) is 1. The van der Waals surface area contributed by atoms with E-state index >= 15 is 0 Å². The van der Waals surface area contributed by atoms with Gasteiger partial charge in [-0.3, -0.25) is 9.59 Å². The summed E-state index contributed by atoms with van der Waals surface area (Å²) in [6.45, 7) is 1.80. The summed E-state index contributed by atoms with van der Waals surface area (Å²) in [5.41, 5.74) is 2.04. The fraction of sp³-hybridized carbons (Fsp3) is 0.120. The number of methoxy groups -OCH3 is 2. The molecule has 33 heavy (non-hydrogen) atoms. The Bertz CT molecular complexity index is 1290.